The molecule has 5 nitrogen and oxygen atoms in total. The van der Waals surface area contributed by atoms with E-state index in [0.717, 1.165) is 6.07 Å². The van der Waals surface area contributed by atoms with E-state index in [1.165, 1.54) is 12.1 Å². The van der Waals surface area contributed by atoms with E-state index >= 15 is 0 Å². The van der Waals surface area contributed by atoms with Crippen molar-refractivity contribution in [3.8, 4) is 0 Å². The summed E-state index contributed by atoms with van der Waals surface area (Å²) in [5, 5.41) is 10.4. The molecule has 1 heterocycles. The molecule has 1 saturated heterocycles. The Kier molecular flexibility index (Phi) is 2.74. The van der Waals surface area contributed by atoms with Crippen LogP contribution < -0.4 is 4.90 Å². The summed E-state index contributed by atoms with van der Waals surface area (Å²) in [6.07, 6.45) is 0.120. The first-order chi connectivity index (χ1) is 7.61. The zero-order valence-corrected chi connectivity index (χ0v) is 8.72. The molecule has 0 aliphatic carbocycles. The second-order valence-electron chi connectivity index (χ2n) is 3.66. The van der Waals surface area contributed by atoms with Crippen LogP contribution in [0.25, 0.3) is 0 Å². The number of hydrogen-bond acceptors (Lipinski definition) is 4. The Morgan fingerprint density at radius 3 is 2.75 bits per heavy atom. The second-order valence-corrected chi connectivity index (χ2v) is 3.66. The number of anilines is 1. The Morgan fingerprint density at radius 2 is 2.25 bits per heavy atom. The molecule has 0 N–H and O–H groups in total. The van der Waals surface area contributed by atoms with Gasteiger partial charge in [0.15, 0.2) is 5.82 Å². The number of nitro benzene ring substituents is 1. The van der Waals surface area contributed by atoms with Crippen LogP contribution in [0.3, 0.4) is 0 Å². The SMILES string of the molecule is COC1CN(c2ccc([N+](=O)[O-])cc2F)C1. The van der Waals surface area contributed by atoms with Gasteiger partial charge in [-0.2, -0.15) is 0 Å². The van der Waals surface area contributed by atoms with Crippen LogP contribution in [0, 0.1) is 15.9 Å². The third-order valence-electron chi connectivity index (χ3n) is 2.66. The summed E-state index contributed by atoms with van der Waals surface area (Å²) >= 11 is 0. The van der Waals surface area contributed by atoms with Crippen LogP contribution in [0.15, 0.2) is 18.2 Å². The molecule has 0 bridgehead atoms. The average Bonchev–Trinajstić information content (AvgIpc) is 2.18. The van der Waals surface area contributed by atoms with Crippen LogP contribution in [0.5, 0.6) is 0 Å². The van der Waals surface area contributed by atoms with Crippen molar-refractivity contribution in [3.63, 3.8) is 0 Å². The molecule has 0 unspecified atom stereocenters. The minimum Gasteiger partial charge on any atom is -0.378 e. The van der Waals surface area contributed by atoms with E-state index in [4.69, 9.17) is 4.74 Å². The molecule has 2 rings (SSSR count). The fraction of sp³-hybridized carbons (Fsp3) is 0.400. The number of benzene rings is 1. The van der Waals surface area contributed by atoms with Crippen molar-refractivity contribution in [2.24, 2.45) is 0 Å². The van der Waals surface area contributed by atoms with Gasteiger partial charge in [-0.05, 0) is 6.07 Å². The largest absolute Gasteiger partial charge is 0.378 e. The Morgan fingerprint density at radius 1 is 1.56 bits per heavy atom. The molecule has 0 atom stereocenters. The molecule has 1 aliphatic rings. The molecule has 0 amide bonds. The molecule has 1 aromatic rings. The predicted octanol–water partition coefficient (Wildman–Crippen LogP) is 1.57. The van der Waals surface area contributed by atoms with E-state index in [1.807, 2.05) is 0 Å². The third-order valence-corrected chi connectivity index (χ3v) is 2.66. The lowest BCUT2D eigenvalue weighted by Crippen LogP contribution is -2.52. The van der Waals surface area contributed by atoms with E-state index < -0.39 is 10.7 Å². The highest BCUT2D eigenvalue weighted by Crippen LogP contribution is 2.27. The first-order valence-corrected chi connectivity index (χ1v) is 4.83. The number of non-ortho nitro benzene ring substituents is 1. The van der Waals surface area contributed by atoms with Gasteiger partial charge in [-0.1, -0.05) is 0 Å². The molecular weight excluding hydrogens is 215 g/mol. The van der Waals surface area contributed by atoms with Crippen molar-refractivity contribution >= 4 is 11.4 Å². The minimum absolute atomic E-state index is 0.120. The van der Waals surface area contributed by atoms with Crippen molar-refractivity contribution < 1.29 is 14.1 Å². The number of methoxy groups -OCH3 is 1. The summed E-state index contributed by atoms with van der Waals surface area (Å²) in [6.45, 7) is 1.23. The fourth-order valence-electron chi connectivity index (χ4n) is 1.65. The summed E-state index contributed by atoms with van der Waals surface area (Å²) in [5.41, 5.74) is 0.156. The number of halogens is 1. The smallest absolute Gasteiger partial charge is 0.272 e. The highest BCUT2D eigenvalue weighted by Gasteiger charge is 2.28. The average molecular weight is 226 g/mol. The zero-order valence-electron chi connectivity index (χ0n) is 8.72. The van der Waals surface area contributed by atoms with Crippen molar-refractivity contribution in [2.75, 3.05) is 25.1 Å². The number of nitro groups is 1. The molecular formula is C10H11FN2O3. The van der Waals surface area contributed by atoms with Crippen LogP contribution in [0.2, 0.25) is 0 Å². The molecule has 6 heteroatoms. The lowest BCUT2D eigenvalue weighted by Gasteiger charge is -2.39. The van der Waals surface area contributed by atoms with Crippen molar-refractivity contribution in [1.82, 2.24) is 0 Å². The first-order valence-electron chi connectivity index (χ1n) is 4.83. The van der Waals surface area contributed by atoms with Crippen LogP contribution in [-0.4, -0.2) is 31.2 Å². The molecule has 0 radical (unpaired) electrons. The van der Waals surface area contributed by atoms with Gasteiger partial charge in [-0.25, -0.2) is 4.39 Å². The molecule has 1 aromatic carbocycles. The molecule has 86 valence electrons. The molecule has 0 saturated carbocycles. The topological polar surface area (TPSA) is 55.6 Å². The van der Waals surface area contributed by atoms with Gasteiger partial charge >= 0.3 is 0 Å². The van der Waals surface area contributed by atoms with Crippen molar-refractivity contribution in [3.05, 3.63) is 34.1 Å². The normalized spacial score (nSPS) is 16.0. The lowest BCUT2D eigenvalue weighted by molar-refractivity contribution is -0.385. The van der Waals surface area contributed by atoms with Gasteiger partial charge in [-0.15, -0.1) is 0 Å². The maximum atomic E-state index is 13.5. The number of nitrogens with zero attached hydrogens (tertiary/aromatic N) is 2. The van der Waals surface area contributed by atoms with Gasteiger partial charge in [0.25, 0.3) is 5.69 Å². The number of rotatable bonds is 3. The summed E-state index contributed by atoms with van der Waals surface area (Å²) in [4.78, 5) is 11.6. The Labute approximate surface area is 91.6 Å². The summed E-state index contributed by atoms with van der Waals surface area (Å²) in [6, 6.07) is 3.67. The molecule has 0 spiro atoms. The standard InChI is InChI=1S/C10H11FN2O3/c1-16-8-5-12(6-8)10-3-2-7(13(14)15)4-9(10)11/h2-4,8H,5-6H2,1H3. The predicted molar refractivity (Wildman–Crippen MR) is 56.1 cm³/mol. The summed E-state index contributed by atoms with van der Waals surface area (Å²) < 4.78 is 18.6. The highest BCUT2D eigenvalue weighted by molar-refractivity contribution is 5.54. The highest BCUT2D eigenvalue weighted by atomic mass is 19.1. The van der Waals surface area contributed by atoms with Crippen LogP contribution in [-0.2, 0) is 4.74 Å². The van der Waals surface area contributed by atoms with Gasteiger partial charge in [0, 0.05) is 26.3 Å². The van der Waals surface area contributed by atoms with Crippen LogP contribution in [0.1, 0.15) is 0 Å². The molecule has 1 fully saturated rings. The van der Waals surface area contributed by atoms with Crippen LogP contribution >= 0.6 is 0 Å². The van der Waals surface area contributed by atoms with Gasteiger partial charge in [-0.3, -0.25) is 10.1 Å². The van der Waals surface area contributed by atoms with Crippen molar-refractivity contribution in [1.29, 1.82) is 0 Å². The van der Waals surface area contributed by atoms with Crippen LogP contribution in [0.4, 0.5) is 15.8 Å². The Bertz CT molecular complexity index is 419. The quantitative estimate of drug-likeness (QED) is 0.579. The van der Waals surface area contributed by atoms with Gasteiger partial charge in [0.1, 0.15) is 0 Å². The first kappa shape index (κ1) is 10.8. The number of ether oxygens (including phenoxy) is 1. The fourth-order valence-corrected chi connectivity index (χ4v) is 1.65. The Hall–Kier alpha value is -1.69. The zero-order chi connectivity index (χ0) is 11.7. The van der Waals surface area contributed by atoms with E-state index in [-0.39, 0.29) is 11.8 Å². The monoisotopic (exact) mass is 226 g/mol. The molecule has 0 aromatic heterocycles. The molecule has 16 heavy (non-hydrogen) atoms. The second kappa shape index (κ2) is 4.05. The maximum absolute atomic E-state index is 13.5. The van der Waals surface area contributed by atoms with Gasteiger partial charge in [0.2, 0.25) is 0 Å². The van der Waals surface area contributed by atoms with E-state index in [1.54, 1.807) is 12.0 Å². The summed E-state index contributed by atoms with van der Waals surface area (Å²) in [5.74, 6) is -0.566. The third kappa shape index (κ3) is 1.83. The maximum Gasteiger partial charge on any atom is 0.272 e. The minimum atomic E-state index is -0.610. The van der Waals surface area contributed by atoms with Gasteiger partial charge in [0.05, 0.1) is 22.8 Å². The summed E-state index contributed by atoms with van der Waals surface area (Å²) in [7, 11) is 1.61. The van der Waals surface area contributed by atoms with E-state index in [2.05, 4.69) is 0 Å². The Balaban J connectivity index is 2.15. The number of hydrogen-bond donors (Lipinski definition) is 0. The van der Waals surface area contributed by atoms with Gasteiger partial charge < -0.3 is 9.64 Å². The van der Waals surface area contributed by atoms with Crippen molar-refractivity contribution in [2.45, 2.75) is 6.10 Å². The molecule has 1 aliphatic heterocycles. The lowest BCUT2D eigenvalue weighted by atomic mass is 10.1. The van der Waals surface area contributed by atoms with E-state index in [0.29, 0.717) is 18.8 Å². The van der Waals surface area contributed by atoms with E-state index in [9.17, 15) is 14.5 Å².